The van der Waals surface area contributed by atoms with Gasteiger partial charge in [-0.2, -0.15) is 0 Å². The molecule has 0 aliphatic heterocycles. The first kappa shape index (κ1) is 12.4. The van der Waals surface area contributed by atoms with Gasteiger partial charge in [-0.05, 0) is 29.3 Å². The van der Waals surface area contributed by atoms with E-state index in [9.17, 15) is 4.79 Å². The largest absolute Gasteiger partial charge is 0.491 e. The predicted molar refractivity (Wildman–Crippen MR) is 74.0 cm³/mol. The maximum absolute atomic E-state index is 11.2. The van der Waals surface area contributed by atoms with Crippen molar-refractivity contribution in [3.8, 4) is 5.75 Å². The second kappa shape index (κ2) is 5.54. The molecular weight excluding hydrogens is 226 g/mol. The van der Waals surface area contributed by atoms with Crippen LogP contribution < -0.4 is 10.1 Å². The molecule has 0 fully saturated rings. The molecule has 0 saturated carbocycles. The van der Waals surface area contributed by atoms with Gasteiger partial charge in [0, 0.05) is 6.92 Å². The van der Waals surface area contributed by atoms with E-state index in [0.717, 1.165) is 28.6 Å². The van der Waals surface area contributed by atoms with Crippen LogP contribution in [0.5, 0.6) is 5.75 Å². The molecule has 0 aliphatic carbocycles. The molecule has 1 N–H and O–H groups in total. The highest BCUT2D eigenvalue weighted by Crippen LogP contribution is 2.30. The number of ether oxygens (including phenoxy) is 1. The lowest BCUT2D eigenvalue weighted by molar-refractivity contribution is -0.114. The number of amides is 1. The Kier molecular flexibility index (Phi) is 3.82. The number of hydrogen-bond acceptors (Lipinski definition) is 2. The van der Waals surface area contributed by atoms with E-state index in [1.165, 1.54) is 6.92 Å². The Labute approximate surface area is 107 Å². The average Bonchev–Trinajstić information content (AvgIpc) is 2.35. The lowest BCUT2D eigenvalue weighted by atomic mass is 10.1. The zero-order valence-corrected chi connectivity index (χ0v) is 10.7. The Balaban J connectivity index is 2.45. The van der Waals surface area contributed by atoms with E-state index in [1.54, 1.807) is 0 Å². The lowest BCUT2D eigenvalue weighted by Gasteiger charge is -2.12. The first-order chi connectivity index (χ1) is 8.70. The molecule has 0 aromatic heterocycles. The fourth-order valence-electron chi connectivity index (χ4n) is 1.84. The molecule has 2 aromatic rings. The first-order valence-electron chi connectivity index (χ1n) is 6.14. The minimum Gasteiger partial charge on any atom is -0.491 e. The van der Waals surface area contributed by atoms with E-state index < -0.39 is 0 Å². The summed E-state index contributed by atoms with van der Waals surface area (Å²) in [6.07, 6.45) is 0.937. The van der Waals surface area contributed by atoms with Crippen LogP contribution in [0, 0.1) is 0 Å². The first-order valence-corrected chi connectivity index (χ1v) is 6.14. The summed E-state index contributed by atoms with van der Waals surface area (Å²) in [5.41, 5.74) is 0.731. The third-order valence-electron chi connectivity index (χ3n) is 2.62. The lowest BCUT2D eigenvalue weighted by Crippen LogP contribution is -2.08. The summed E-state index contributed by atoms with van der Waals surface area (Å²) in [6.45, 7) is 4.20. The molecule has 2 aromatic carbocycles. The fraction of sp³-hybridized carbons (Fsp3) is 0.267. The topological polar surface area (TPSA) is 38.3 Å². The van der Waals surface area contributed by atoms with Crippen molar-refractivity contribution in [3.05, 3.63) is 36.4 Å². The van der Waals surface area contributed by atoms with E-state index in [1.807, 2.05) is 36.4 Å². The van der Waals surface area contributed by atoms with Gasteiger partial charge in [0.25, 0.3) is 0 Å². The Morgan fingerprint density at radius 1 is 1.22 bits per heavy atom. The van der Waals surface area contributed by atoms with Gasteiger partial charge in [0.05, 0.1) is 12.3 Å². The van der Waals surface area contributed by atoms with E-state index in [0.29, 0.717) is 6.61 Å². The summed E-state index contributed by atoms with van der Waals surface area (Å²) >= 11 is 0. The van der Waals surface area contributed by atoms with Gasteiger partial charge in [-0.25, -0.2) is 0 Å². The molecule has 0 spiro atoms. The Bertz CT molecular complexity index is 563. The molecule has 0 radical (unpaired) electrons. The van der Waals surface area contributed by atoms with Gasteiger partial charge in [0.2, 0.25) is 5.91 Å². The van der Waals surface area contributed by atoms with E-state index in [4.69, 9.17) is 4.74 Å². The number of fused-ring (bicyclic) bond motifs is 1. The van der Waals surface area contributed by atoms with Crippen molar-refractivity contribution in [2.45, 2.75) is 20.3 Å². The van der Waals surface area contributed by atoms with Gasteiger partial charge in [-0.3, -0.25) is 4.79 Å². The van der Waals surface area contributed by atoms with Crippen LogP contribution in [0.3, 0.4) is 0 Å². The summed E-state index contributed by atoms with van der Waals surface area (Å²) in [5, 5.41) is 5.01. The van der Waals surface area contributed by atoms with Crippen LogP contribution in [-0.2, 0) is 4.79 Å². The monoisotopic (exact) mass is 243 g/mol. The van der Waals surface area contributed by atoms with Gasteiger partial charge >= 0.3 is 0 Å². The average molecular weight is 243 g/mol. The molecule has 1 amide bonds. The van der Waals surface area contributed by atoms with Crippen molar-refractivity contribution >= 4 is 22.4 Å². The predicted octanol–water partition coefficient (Wildman–Crippen LogP) is 3.59. The minimum atomic E-state index is -0.0911. The number of nitrogens with one attached hydrogen (secondary N) is 1. The third-order valence-corrected chi connectivity index (χ3v) is 2.62. The van der Waals surface area contributed by atoms with Gasteiger partial charge in [-0.1, -0.05) is 31.2 Å². The molecule has 0 unspecified atom stereocenters. The molecule has 0 heterocycles. The quantitative estimate of drug-likeness (QED) is 0.891. The maximum Gasteiger partial charge on any atom is 0.221 e. The van der Waals surface area contributed by atoms with Crippen molar-refractivity contribution in [2.24, 2.45) is 0 Å². The van der Waals surface area contributed by atoms with Crippen LogP contribution in [0.25, 0.3) is 10.8 Å². The highest BCUT2D eigenvalue weighted by Gasteiger charge is 2.07. The Hall–Kier alpha value is -2.03. The number of rotatable bonds is 4. The Morgan fingerprint density at radius 3 is 2.50 bits per heavy atom. The van der Waals surface area contributed by atoms with Gasteiger partial charge in [-0.15, -0.1) is 0 Å². The summed E-state index contributed by atoms with van der Waals surface area (Å²) in [7, 11) is 0. The molecule has 0 bridgehead atoms. The molecule has 94 valence electrons. The van der Waals surface area contributed by atoms with Crippen molar-refractivity contribution in [1.82, 2.24) is 0 Å². The van der Waals surface area contributed by atoms with Crippen molar-refractivity contribution in [3.63, 3.8) is 0 Å². The number of benzene rings is 2. The summed E-state index contributed by atoms with van der Waals surface area (Å²) in [6, 6.07) is 11.9. The minimum absolute atomic E-state index is 0.0911. The van der Waals surface area contributed by atoms with Gasteiger partial charge in [0.15, 0.2) is 0 Å². The van der Waals surface area contributed by atoms with Crippen LogP contribution in [-0.4, -0.2) is 12.5 Å². The standard InChI is InChI=1S/C15H17NO2/c1-3-8-18-15-10-13-7-5-4-6-12(13)9-14(15)16-11(2)17/h4-7,9-10H,3,8H2,1-2H3,(H,16,17). The van der Waals surface area contributed by atoms with Crippen LogP contribution in [0.2, 0.25) is 0 Å². The van der Waals surface area contributed by atoms with Crippen molar-refractivity contribution < 1.29 is 9.53 Å². The highest BCUT2D eigenvalue weighted by molar-refractivity contribution is 5.95. The molecular formula is C15H17NO2. The van der Waals surface area contributed by atoms with Gasteiger partial charge < -0.3 is 10.1 Å². The van der Waals surface area contributed by atoms with Gasteiger partial charge in [0.1, 0.15) is 5.75 Å². The Morgan fingerprint density at radius 2 is 1.89 bits per heavy atom. The second-order valence-electron chi connectivity index (χ2n) is 4.23. The zero-order chi connectivity index (χ0) is 13.0. The van der Waals surface area contributed by atoms with E-state index >= 15 is 0 Å². The van der Waals surface area contributed by atoms with Crippen LogP contribution in [0.15, 0.2) is 36.4 Å². The second-order valence-corrected chi connectivity index (χ2v) is 4.23. The van der Waals surface area contributed by atoms with Crippen molar-refractivity contribution in [1.29, 1.82) is 0 Å². The normalized spacial score (nSPS) is 10.3. The smallest absolute Gasteiger partial charge is 0.221 e. The summed E-state index contributed by atoms with van der Waals surface area (Å²) in [4.78, 5) is 11.2. The number of carbonyl (C=O) groups excluding carboxylic acids is 1. The molecule has 2 rings (SSSR count). The van der Waals surface area contributed by atoms with Crippen LogP contribution in [0.4, 0.5) is 5.69 Å². The van der Waals surface area contributed by atoms with E-state index in [2.05, 4.69) is 12.2 Å². The van der Waals surface area contributed by atoms with Crippen molar-refractivity contribution in [2.75, 3.05) is 11.9 Å². The third kappa shape index (κ3) is 2.80. The number of anilines is 1. The highest BCUT2D eigenvalue weighted by atomic mass is 16.5. The fourth-order valence-corrected chi connectivity index (χ4v) is 1.84. The molecule has 0 saturated heterocycles. The van der Waals surface area contributed by atoms with Crippen LogP contribution in [0.1, 0.15) is 20.3 Å². The molecule has 0 atom stereocenters. The number of carbonyl (C=O) groups is 1. The molecule has 3 nitrogen and oxygen atoms in total. The van der Waals surface area contributed by atoms with Crippen LogP contribution >= 0.6 is 0 Å². The SMILES string of the molecule is CCCOc1cc2ccccc2cc1NC(C)=O. The molecule has 18 heavy (non-hydrogen) atoms. The van der Waals surface area contributed by atoms with E-state index in [-0.39, 0.29) is 5.91 Å². The zero-order valence-electron chi connectivity index (χ0n) is 10.7. The summed E-state index contributed by atoms with van der Waals surface area (Å²) < 4.78 is 5.68. The maximum atomic E-state index is 11.2. The number of hydrogen-bond donors (Lipinski definition) is 1. The summed E-state index contributed by atoms with van der Waals surface area (Å²) in [5.74, 6) is 0.636. The molecule has 3 heteroatoms. The molecule has 0 aliphatic rings.